The second-order valence-corrected chi connectivity index (χ2v) is 5.51. The molecule has 0 saturated carbocycles. The van der Waals surface area contributed by atoms with Crippen molar-refractivity contribution in [1.29, 1.82) is 0 Å². The Balaban J connectivity index is 2.04. The third-order valence-electron chi connectivity index (χ3n) is 2.98. The van der Waals surface area contributed by atoms with Crippen LogP contribution in [0.1, 0.15) is 19.4 Å². The predicted molar refractivity (Wildman–Crippen MR) is 90.7 cm³/mol. The van der Waals surface area contributed by atoms with Crippen molar-refractivity contribution < 1.29 is 9.47 Å². The fourth-order valence-corrected chi connectivity index (χ4v) is 2.20. The maximum atomic E-state index is 6.32. The van der Waals surface area contributed by atoms with Gasteiger partial charge in [0.1, 0.15) is 0 Å². The van der Waals surface area contributed by atoms with Crippen molar-refractivity contribution in [1.82, 2.24) is 5.43 Å². The summed E-state index contributed by atoms with van der Waals surface area (Å²) >= 11 is 6.32. The van der Waals surface area contributed by atoms with Gasteiger partial charge in [-0.1, -0.05) is 29.8 Å². The van der Waals surface area contributed by atoms with E-state index >= 15 is 0 Å². The number of benzene rings is 2. The number of para-hydroxylation sites is 1. The summed E-state index contributed by atoms with van der Waals surface area (Å²) in [5.74, 6) is 1.33. The van der Waals surface area contributed by atoms with Gasteiger partial charge in [-0.3, -0.25) is 0 Å². The fraction of sp³-hybridized carbons (Fsp3) is 0.294. The molecule has 0 radical (unpaired) electrons. The highest BCUT2D eigenvalue weighted by atomic mass is 35.5. The van der Waals surface area contributed by atoms with Crippen LogP contribution in [0.5, 0.6) is 11.5 Å². The maximum absolute atomic E-state index is 6.32. The largest absolute Gasteiger partial charge is 0.493 e. The van der Waals surface area contributed by atoms with E-state index in [2.05, 4.69) is 10.9 Å². The second-order valence-electron chi connectivity index (χ2n) is 5.11. The van der Waals surface area contributed by atoms with E-state index in [1.165, 1.54) is 0 Å². The average Bonchev–Trinajstić information content (AvgIpc) is 2.50. The number of nitrogens with one attached hydrogen (secondary N) is 2. The molecule has 5 heteroatoms. The molecule has 0 aliphatic carbocycles. The van der Waals surface area contributed by atoms with Crippen LogP contribution in [0.25, 0.3) is 0 Å². The summed E-state index contributed by atoms with van der Waals surface area (Å²) < 4.78 is 11.1. The van der Waals surface area contributed by atoms with Crippen molar-refractivity contribution in [2.75, 3.05) is 12.5 Å². The predicted octanol–water partition coefficient (Wildman–Crippen LogP) is 4.25. The van der Waals surface area contributed by atoms with Crippen molar-refractivity contribution in [2.45, 2.75) is 26.5 Å². The zero-order chi connectivity index (χ0) is 15.9. The molecule has 22 heavy (non-hydrogen) atoms. The molecule has 0 saturated heterocycles. The molecule has 0 aromatic heterocycles. The number of halogens is 1. The third-order valence-corrected chi connectivity index (χ3v) is 3.33. The zero-order valence-electron chi connectivity index (χ0n) is 13.0. The molecule has 0 spiro atoms. The molecule has 0 aliphatic heterocycles. The summed E-state index contributed by atoms with van der Waals surface area (Å²) in [6, 6.07) is 13.6. The minimum Gasteiger partial charge on any atom is -0.493 e. The van der Waals surface area contributed by atoms with Gasteiger partial charge in [-0.25, -0.2) is 5.43 Å². The average molecular weight is 321 g/mol. The van der Waals surface area contributed by atoms with E-state index in [9.17, 15) is 0 Å². The number of hydrazine groups is 1. The van der Waals surface area contributed by atoms with Crippen LogP contribution in [-0.2, 0) is 6.54 Å². The van der Waals surface area contributed by atoms with Crippen LogP contribution in [0, 0.1) is 0 Å². The Morgan fingerprint density at radius 2 is 1.82 bits per heavy atom. The van der Waals surface area contributed by atoms with Gasteiger partial charge in [0.05, 0.1) is 13.2 Å². The Morgan fingerprint density at radius 1 is 1.09 bits per heavy atom. The molecule has 2 aromatic rings. The minimum atomic E-state index is 0.0636. The van der Waals surface area contributed by atoms with Gasteiger partial charge in [-0.2, -0.15) is 0 Å². The van der Waals surface area contributed by atoms with Crippen LogP contribution in [0.15, 0.2) is 42.5 Å². The van der Waals surface area contributed by atoms with Crippen molar-refractivity contribution in [3.8, 4) is 11.5 Å². The number of methoxy groups -OCH3 is 1. The van der Waals surface area contributed by atoms with E-state index in [1.807, 2.05) is 50.2 Å². The van der Waals surface area contributed by atoms with Crippen molar-refractivity contribution >= 4 is 17.3 Å². The lowest BCUT2D eigenvalue weighted by atomic mass is 10.2. The standard InChI is InChI=1S/C17H21ClN2O2/c1-12(2)22-17-10-15(18)13(9-16(17)21-3)11-19-20-14-7-5-4-6-8-14/h4-10,12,19-20H,11H2,1-3H3. The molecule has 4 nitrogen and oxygen atoms in total. The molecule has 2 rings (SSSR count). The Labute approximate surface area is 136 Å². The highest BCUT2D eigenvalue weighted by molar-refractivity contribution is 6.31. The highest BCUT2D eigenvalue weighted by Crippen LogP contribution is 2.34. The summed E-state index contributed by atoms with van der Waals surface area (Å²) in [5.41, 5.74) is 8.18. The lowest BCUT2D eigenvalue weighted by Crippen LogP contribution is -2.21. The van der Waals surface area contributed by atoms with Gasteiger partial charge in [0.2, 0.25) is 0 Å². The van der Waals surface area contributed by atoms with Gasteiger partial charge in [0.25, 0.3) is 0 Å². The number of hydrogen-bond acceptors (Lipinski definition) is 4. The maximum Gasteiger partial charge on any atom is 0.163 e. The number of anilines is 1. The first-order valence-corrected chi connectivity index (χ1v) is 7.55. The Hall–Kier alpha value is -1.91. The summed E-state index contributed by atoms with van der Waals surface area (Å²) in [5, 5.41) is 0.638. The molecule has 0 unspecified atom stereocenters. The molecular formula is C17H21ClN2O2. The minimum absolute atomic E-state index is 0.0636. The van der Waals surface area contributed by atoms with Gasteiger partial charge in [-0.05, 0) is 37.6 Å². The first kappa shape index (κ1) is 16.5. The zero-order valence-corrected chi connectivity index (χ0v) is 13.8. The number of ether oxygens (including phenoxy) is 2. The topological polar surface area (TPSA) is 42.5 Å². The third kappa shape index (κ3) is 4.55. The van der Waals surface area contributed by atoms with Crippen molar-refractivity contribution in [3.05, 3.63) is 53.1 Å². The SMILES string of the molecule is COc1cc(CNNc2ccccc2)c(Cl)cc1OC(C)C. The van der Waals surface area contributed by atoms with Crippen LogP contribution in [0.3, 0.4) is 0 Å². The Kier molecular flexibility index (Phi) is 5.92. The molecule has 0 heterocycles. The van der Waals surface area contributed by atoms with Crippen molar-refractivity contribution in [2.24, 2.45) is 0 Å². The molecule has 0 amide bonds. The Morgan fingerprint density at radius 3 is 2.45 bits per heavy atom. The van der Waals surface area contributed by atoms with Gasteiger partial charge < -0.3 is 14.9 Å². The van der Waals surface area contributed by atoms with Crippen LogP contribution >= 0.6 is 11.6 Å². The van der Waals surface area contributed by atoms with Crippen molar-refractivity contribution in [3.63, 3.8) is 0 Å². The second kappa shape index (κ2) is 7.92. The van der Waals surface area contributed by atoms with E-state index < -0.39 is 0 Å². The summed E-state index contributed by atoms with van der Waals surface area (Å²) in [6.07, 6.45) is 0.0636. The monoisotopic (exact) mass is 320 g/mol. The van der Waals surface area contributed by atoms with Crippen LogP contribution in [0.4, 0.5) is 5.69 Å². The van der Waals surface area contributed by atoms with E-state index in [0.717, 1.165) is 11.3 Å². The first-order valence-electron chi connectivity index (χ1n) is 7.17. The molecule has 0 aliphatic rings. The molecule has 118 valence electrons. The van der Waals surface area contributed by atoms with Gasteiger partial charge in [0, 0.05) is 23.3 Å². The van der Waals surface area contributed by atoms with Crippen LogP contribution < -0.4 is 20.3 Å². The molecule has 0 bridgehead atoms. The number of hydrogen-bond donors (Lipinski definition) is 2. The summed E-state index contributed by atoms with van der Waals surface area (Å²) in [4.78, 5) is 0. The van der Waals surface area contributed by atoms with E-state index in [-0.39, 0.29) is 6.10 Å². The Bertz CT molecular complexity index is 603. The van der Waals surface area contributed by atoms with Crippen LogP contribution in [-0.4, -0.2) is 13.2 Å². The van der Waals surface area contributed by atoms with Crippen LogP contribution in [0.2, 0.25) is 5.02 Å². The van der Waals surface area contributed by atoms with Gasteiger partial charge in [0.15, 0.2) is 11.5 Å². The van der Waals surface area contributed by atoms with E-state index in [0.29, 0.717) is 23.1 Å². The quantitative estimate of drug-likeness (QED) is 0.748. The summed E-state index contributed by atoms with van der Waals surface area (Å²) in [6.45, 7) is 4.49. The lowest BCUT2D eigenvalue weighted by molar-refractivity contribution is 0.230. The molecular weight excluding hydrogens is 300 g/mol. The molecule has 0 fully saturated rings. The number of rotatable bonds is 7. The normalized spacial score (nSPS) is 10.6. The van der Waals surface area contributed by atoms with Gasteiger partial charge >= 0.3 is 0 Å². The smallest absolute Gasteiger partial charge is 0.163 e. The first-order chi connectivity index (χ1) is 10.6. The van der Waals surface area contributed by atoms with E-state index in [1.54, 1.807) is 13.2 Å². The van der Waals surface area contributed by atoms with Gasteiger partial charge in [-0.15, -0.1) is 0 Å². The molecule has 2 N–H and O–H groups in total. The highest BCUT2D eigenvalue weighted by Gasteiger charge is 2.11. The summed E-state index contributed by atoms with van der Waals surface area (Å²) in [7, 11) is 1.62. The fourth-order valence-electron chi connectivity index (χ4n) is 1.98. The molecule has 2 aromatic carbocycles. The van der Waals surface area contributed by atoms with E-state index in [4.69, 9.17) is 21.1 Å². The molecule has 0 atom stereocenters. The lowest BCUT2D eigenvalue weighted by Gasteiger charge is -2.16.